The Balaban J connectivity index is 2.42. The number of nitrogens with one attached hydrogen (secondary N) is 1. The lowest BCUT2D eigenvalue weighted by molar-refractivity contribution is 0.354. The zero-order chi connectivity index (χ0) is 9.42. The topological polar surface area (TPSA) is 32.3 Å². The Morgan fingerprint density at radius 1 is 1.54 bits per heavy atom. The van der Waals surface area contributed by atoms with Gasteiger partial charge in [0.1, 0.15) is 0 Å². The fourth-order valence-corrected chi connectivity index (χ4v) is 1.58. The van der Waals surface area contributed by atoms with Crippen LogP contribution in [0.5, 0.6) is 5.75 Å². The van der Waals surface area contributed by atoms with Crippen LogP contribution in [0.25, 0.3) is 0 Å². The summed E-state index contributed by atoms with van der Waals surface area (Å²) in [5.41, 5.74) is 1.53. The second kappa shape index (κ2) is 3.00. The highest BCUT2D eigenvalue weighted by molar-refractivity contribution is 5.40. The highest BCUT2D eigenvalue weighted by Crippen LogP contribution is 2.32. The normalized spacial score (nSPS) is 21.2. The first-order valence-corrected chi connectivity index (χ1v) is 4.41. The zero-order valence-corrected chi connectivity index (χ0v) is 7.47. The van der Waals surface area contributed by atoms with Gasteiger partial charge in [0, 0.05) is 11.6 Å². The van der Waals surface area contributed by atoms with Gasteiger partial charge in [0.2, 0.25) is 0 Å². The third kappa shape index (κ3) is 1.40. The van der Waals surface area contributed by atoms with Crippen molar-refractivity contribution in [2.24, 2.45) is 0 Å². The largest absolute Gasteiger partial charge is 0.505 e. The van der Waals surface area contributed by atoms with Gasteiger partial charge in [0.15, 0.2) is 11.6 Å². The summed E-state index contributed by atoms with van der Waals surface area (Å²) in [7, 11) is 0. The lowest BCUT2D eigenvalue weighted by Crippen LogP contribution is -2.35. The van der Waals surface area contributed by atoms with E-state index in [-0.39, 0.29) is 11.8 Å². The highest BCUT2D eigenvalue weighted by atomic mass is 19.1. The van der Waals surface area contributed by atoms with E-state index in [0.29, 0.717) is 5.56 Å². The molecule has 3 heteroatoms. The average Bonchev–Trinajstić information content (AvgIpc) is 1.95. The molecule has 70 valence electrons. The summed E-state index contributed by atoms with van der Waals surface area (Å²) in [6.45, 7) is 2.77. The number of halogens is 1. The van der Waals surface area contributed by atoms with E-state index in [2.05, 4.69) is 5.32 Å². The van der Waals surface area contributed by atoms with Gasteiger partial charge in [-0.15, -0.1) is 0 Å². The summed E-state index contributed by atoms with van der Waals surface area (Å²) < 4.78 is 13.1. The number of rotatable bonds is 1. The minimum absolute atomic E-state index is 0.134. The summed E-state index contributed by atoms with van der Waals surface area (Å²) in [6.07, 6.45) is 0.969. The Kier molecular flexibility index (Phi) is 1.96. The molecule has 0 aromatic heterocycles. The van der Waals surface area contributed by atoms with Gasteiger partial charge in [-0.1, -0.05) is 6.07 Å². The third-order valence-electron chi connectivity index (χ3n) is 2.44. The molecule has 1 saturated heterocycles. The molecule has 0 bridgehead atoms. The van der Waals surface area contributed by atoms with Crippen LogP contribution in [0.4, 0.5) is 4.39 Å². The highest BCUT2D eigenvalue weighted by Gasteiger charge is 2.23. The number of hydrogen-bond acceptors (Lipinski definition) is 2. The van der Waals surface area contributed by atoms with E-state index in [4.69, 9.17) is 0 Å². The SMILES string of the molecule is Cc1cc(F)c(O)c([C@@H]2CCN2)c1. The lowest BCUT2D eigenvalue weighted by atomic mass is 9.95. The quantitative estimate of drug-likeness (QED) is 0.693. The van der Waals surface area contributed by atoms with E-state index in [1.54, 1.807) is 0 Å². The first kappa shape index (κ1) is 8.51. The van der Waals surface area contributed by atoms with Crippen LogP contribution in [0.2, 0.25) is 0 Å². The van der Waals surface area contributed by atoms with Crippen molar-refractivity contribution >= 4 is 0 Å². The number of aryl methyl sites for hydroxylation is 1. The van der Waals surface area contributed by atoms with E-state index in [1.807, 2.05) is 13.0 Å². The van der Waals surface area contributed by atoms with Crippen molar-refractivity contribution in [1.29, 1.82) is 0 Å². The van der Waals surface area contributed by atoms with Gasteiger partial charge in [-0.3, -0.25) is 0 Å². The van der Waals surface area contributed by atoms with E-state index >= 15 is 0 Å². The minimum Gasteiger partial charge on any atom is -0.505 e. The Hall–Kier alpha value is -1.09. The standard InChI is InChI=1S/C10H12FNO/c1-6-4-7(9-2-3-12-9)10(13)8(11)5-6/h4-5,9,12-13H,2-3H2,1H3/t9-/m0/s1. The molecule has 0 amide bonds. The summed E-state index contributed by atoms with van der Waals surface area (Å²) >= 11 is 0. The van der Waals surface area contributed by atoms with Crippen molar-refractivity contribution in [2.45, 2.75) is 19.4 Å². The van der Waals surface area contributed by atoms with Gasteiger partial charge in [-0.05, 0) is 31.5 Å². The van der Waals surface area contributed by atoms with Gasteiger partial charge < -0.3 is 10.4 Å². The predicted octanol–water partition coefficient (Wildman–Crippen LogP) is 1.87. The molecule has 0 radical (unpaired) electrons. The fraction of sp³-hybridized carbons (Fsp3) is 0.400. The molecule has 1 aromatic carbocycles. The molecule has 1 heterocycles. The molecular formula is C10H12FNO. The number of benzene rings is 1. The molecule has 2 N–H and O–H groups in total. The number of hydrogen-bond donors (Lipinski definition) is 2. The molecule has 1 aliphatic heterocycles. The van der Waals surface area contributed by atoms with Crippen LogP contribution in [-0.4, -0.2) is 11.7 Å². The molecule has 0 aliphatic carbocycles. The van der Waals surface area contributed by atoms with Crippen LogP contribution in [0.3, 0.4) is 0 Å². The Labute approximate surface area is 76.4 Å². The van der Waals surface area contributed by atoms with Crippen molar-refractivity contribution in [3.05, 3.63) is 29.1 Å². The number of aromatic hydroxyl groups is 1. The molecule has 0 spiro atoms. The molecule has 0 unspecified atom stereocenters. The first-order valence-electron chi connectivity index (χ1n) is 4.41. The Morgan fingerprint density at radius 3 is 2.77 bits per heavy atom. The van der Waals surface area contributed by atoms with E-state index in [0.717, 1.165) is 18.5 Å². The molecule has 1 atom stereocenters. The first-order chi connectivity index (χ1) is 6.18. The average molecular weight is 181 g/mol. The Bertz CT molecular complexity index is 334. The van der Waals surface area contributed by atoms with Crippen molar-refractivity contribution in [2.75, 3.05) is 6.54 Å². The smallest absolute Gasteiger partial charge is 0.165 e. The van der Waals surface area contributed by atoms with Crippen molar-refractivity contribution in [3.63, 3.8) is 0 Å². The minimum atomic E-state index is -0.524. The monoisotopic (exact) mass is 181 g/mol. The fourth-order valence-electron chi connectivity index (χ4n) is 1.58. The number of phenols is 1. The summed E-state index contributed by atoms with van der Waals surface area (Å²) in [5, 5.41) is 12.6. The maximum Gasteiger partial charge on any atom is 0.165 e. The van der Waals surface area contributed by atoms with Gasteiger partial charge in [-0.2, -0.15) is 0 Å². The molecule has 0 saturated carbocycles. The Morgan fingerprint density at radius 2 is 2.23 bits per heavy atom. The van der Waals surface area contributed by atoms with Gasteiger partial charge >= 0.3 is 0 Å². The molecule has 1 aliphatic rings. The predicted molar refractivity (Wildman–Crippen MR) is 48.2 cm³/mol. The van der Waals surface area contributed by atoms with Crippen LogP contribution in [0.1, 0.15) is 23.6 Å². The third-order valence-corrected chi connectivity index (χ3v) is 2.44. The van der Waals surface area contributed by atoms with Crippen LogP contribution >= 0.6 is 0 Å². The maximum atomic E-state index is 13.1. The molecule has 2 rings (SSSR count). The maximum absolute atomic E-state index is 13.1. The van der Waals surface area contributed by atoms with E-state index < -0.39 is 5.82 Å². The summed E-state index contributed by atoms with van der Waals surface area (Å²) in [6, 6.07) is 3.31. The van der Waals surface area contributed by atoms with E-state index in [1.165, 1.54) is 6.07 Å². The van der Waals surface area contributed by atoms with Crippen molar-refractivity contribution < 1.29 is 9.50 Å². The van der Waals surface area contributed by atoms with Crippen LogP contribution in [-0.2, 0) is 0 Å². The van der Waals surface area contributed by atoms with Gasteiger partial charge in [0.25, 0.3) is 0 Å². The molecular weight excluding hydrogens is 169 g/mol. The zero-order valence-electron chi connectivity index (χ0n) is 7.47. The van der Waals surface area contributed by atoms with Crippen molar-refractivity contribution in [1.82, 2.24) is 5.32 Å². The van der Waals surface area contributed by atoms with Gasteiger partial charge in [0.05, 0.1) is 0 Å². The van der Waals surface area contributed by atoms with Crippen LogP contribution < -0.4 is 5.32 Å². The molecule has 2 nitrogen and oxygen atoms in total. The van der Waals surface area contributed by atoms with Gasteiger partial charge in [-0.25, -0.2) is 4.39 Å². The number of phenolic OH excluding ortho intramolecular Hbond substituents is 1. The van der Waals surface area contributed by atoms with E-state index in [9.17, 15) is 9.50 Å². The van der Waals surface area contributed by atoms with Crippen LogP contribution in [0, 0.1) is 12.7 Å². The van der Waals surface area contributed by atoms with Crippen LogP contribution in [0.15, 0.2) is 12.1 Å². The van der Waals surface area contributed by atoms with Crippen molar-refractivity contribution in [3.8, 4) is 5.75 Å². The lowest BCUT2D eigenvalue weighted by Gasteiger charge is -2.28. The summed E-state index contributed by atoms with van der Waals surface area (Å²) in [5.74, 6) is -0.730. The molecule has 13 heavy (non-hydrogen) atoms. The molecule has 1 fully saturated rings. The summed E-state index contributed by atoms with van der Waals surface area (Å²) in [4.78, 5) is 0. The second-order valence-electron chi connectivity index (χ2n) is 3.48. The second-order valence-corrected chi connectivity index (χ2v) is 3.48. The molecule has 1 aromatic rings.